The van der Waals surface area contributed by atoms with Crippen LogP contribution in [-0.4, -0.2) is 57.4 Å². The molecule has 1 aliphatic heterocycles. The van der Waals surface area contributed by atoms with Crippen LogP contribution in [0.1, 0.15) is 48.0 Å². The van der Waals surface area contributed by atoms with Crippen molar-refractivity contribution >= 4 is 17.0 Å². The molecule has 1 unspecified atom stereocenters. The molecule has 11 nitrogen and oxygen atoms in total. The average Bonchev–Trinajstić information content (AvgIpc) is 3.82. The van der Waals surface area contributed by atoms with E-state index in [1.807, 2.05) is 36.5 Å². The molecule has 5 aromatic heterocycles. The number of fused-ring (bicyclic) bond motifs is 2. The van der Waals surface area contributed by atoms with Gasteiger partial charge in [0.15, 0.2) is 17.3 Å². The summed E-state index contributed by atoms with van der Waals surface area (Å²) >= 11 is 0. The van der Waals surface area contributed by atoms with Crippen molar-refractivity contribution in [1.82, 2.24) is 49.6 Å². The monoisotopic (exact) mass is 543 g/mol. The summed E-state index contributed by atoms with van der Waals surface area (Å²) in [5, 5.41) is 17.0. The van der Waals surface area contributed by atoms with Crippen LogP contribution in [-0.2, 0) is 6.42 Å². The fourth-order valence-corrected chi connectivity index (χ4v) is 6.24. The van der Waals surface area contributed by atoms with Crippen LogP contribution in [0.3, 0.4) is 0 Å². The second-order valence-electron chi connectivity index (χ2n) is 10.8. The Morgan fingerprint density at radius 2 is 1.98 bits per heavy atom. The molecule has 0 saturated carbocycles. The number of hydrogen-bond acceptors (Lipinski definition) is 8. The van der Waals surface area contributed by atoms with Gasteiger partial charge in [-0.15, -0.1) is 5.10 Å². The summed E-state index contributed by atoms with van der Waals surface area (Å²) < 4.78 is 5.88. The Morgan fingerprint density at radius 1 is 1.00 bits per heavy atom. The third kappa shape index (κ3) is 4.08. The highest BCUT2D eigenvalue weighted by atomic mass is 15.4. The standard InChI is InChI=1S/C30H29N11/c31-28-23(5-2-13-33-28)29-35-24-9-11-27(39-15-3-14-34-39)36-30(24)41(29)21-7-8-22-19(16-21)6-10-26(22)40-18-25(37-38-40)20-4-1-12-32-17-20/h2-3,5,7-9,11,13-16,18,20,26,32H,1,4,6,10,12,17H2,(H2,31,33)/t20?,26-/m0/s1. The minimum atomic E-state index is 0.175. The van der Waals surface area contributed by atoms with Crippen LogP contribution in [0.4, 0.5) is 5.82 Å². The quantitative estimate of drug-likeness (QED) is 0.335. The van der Waals surface area contributed by atoms with Crippen molar-refractivity contribution in [2.24, 2.45) is 0 Å². The minimum Gasteiger partial charge on any atom is -0.383 e. The van der Waals surface area contributed by atoms with Crippen LogP contribution >= 0.6 is 0 Å². The van der Waals surface area contributed by atoms with E-state index in [-0.39, 0.29) is 6.04 Å². The number of pyridine rings is 2. The second-order valence-corrected chi connectivity index (χ2v) is 10.8. The van der Waals surface area contributed by atoms with Gasteiger partial charge in [-0.2, -0.15) is 5.10 Å². The van der Waals surface area contributed by atoms with Gasteiger partial charge in [0.1, 0.15) is 11.3 Å². The van der Waals surface area contributed by atoms with Crippen LogP contribution in [0.2, 0.25) is 0 Å². The summed E-state index contributed by atoms with van der Waals surface area (Å²) in [4.78, 5) is 14.3. The molecular weight excluding hydrogens is 514 g/mol. The third-order valence-corrected chi connectivity index (χ3v) is 8.30. The van der Waals surface area contributed by atoms with Crippen LogP contribution in [0.25, 0.3) is 34.1 Å². The van der Waals surface area contributed by atoms with Crippen molar-refractivity contribution in [2.75, 3.05) is 18.8 Å². The fourth-order valence-electron chi connectivity index (χ4n) is 6.24. The number of nitrogen functional groups attached to an aromatic ring is 1. The summed E-state index contributed by atoms with van der Waals surface area (Å²) in [6.45, 7) is 2.06. The van der Waals surface area contributed by atoms with Gasteiger partial charge in [-0.3, -0.25) is 4.57 Å². The molecule has 0 bridgehead atoms. The zero-order chi connectivity index (χ0) is 27.3. The van der Waals surface area contributed by atoms with Crippen molar-refractivity contribution in [3.63, 3.8) is 0 Å². The van der Waals surface area contributed by atoms with E-state index in [2.05, 4.69) is 59.4 Å². The smallest absolute Gasteiger partial charge is 0.167 e. The lowest BCUT2D eigenvalue weighted by Crippen LogP contribution is -2.28. The van der Waals surface area contributed by atoms with Crippen molar-refractivity contribution in [2.45, 2.75) is 37.6 Å². The molecule has 204 valence electrons. The van der Waals surface area contributed by atoms with Gasteiger partial charge in [-0.1, -0.05) is 11.3 Å². The number of aryl methyl sites for hydroxylation is 1. The predicted molar refractivity (Wildman–Crippen MR) is 155 cm³/mol. The van der Waals surface area contributed by atoms with Crippen molar-refractivity contribution in [3.8, 4) is 22.9 Å². The number of imidazole rings is 1. The molecule has 3 N–H and O–H groups in total. The number of anilines is 1. The number of nitrogens with zero attached hydrogens (tertiary/aromatic N) is 9. The lowest BCUT2D eigenvalue weighted by atomic mass is 9.97. The molecule has 0 amide bonds. The first-order chi connectivity index (χ1) is 20.2. The van der Waals surface area contributed by atoms with Gasteiger partial charge in [0.05, 0.1) is 17.3 Å². The number of rotatable bonds is 5. The van der Waals surface area contributed by atoms with Crippen molar-refractivity contribution in [1.29, 1.82) is 0 Å². The van der Waals surface area contributed by atoms with Crippen LogP contribution in [0, 0.1) is 0 Å². The molecule has 1 fully saturated rings. The highest BCUT2D eigenvalue weighted by Gasteiger charge is 2.28. The summed E-state index contributed by atoms with van der Waals surface area (Å²) in [7, 11) is 0. The van der Waals surface area contributed by atoms with E-state index >= 15 is 0 Å². The maximum atomic E-state index is 6.34. The molecule has 2 aliphatic rings. The topological polar surface area (TPSA) is 130 Å². The Morgan fingerprint density at radius 3 is 2.83 bits per heavy atom. The van der Waals surface area contributed by atoms with Gasteiger partial charge in [0, 0.05) is 42.9 Å². The lowest BCUT2D eigenvalue weighted by Gasteiger charge is -2.20. The third-order valence-electron chi connectivity index (χ3n) is 8.30. The summed E-state index contributed by atoms with van der Waals surface area (Å²) in [6.07, 6.45) is 11.7. The fraction of sp³-hybridized carbons (Fsp3) is 0.267. The molecule has 1 saturated heterocycles. The number of nitrogens with two attached hydrogens (primary N) is 1. The second kappa shape index (κ2) is 9.63. The number of benzene rings is 1. The molecule has 1 aromatic carbocycles. The predicted octanol–water partition coefficient (Wildman–Crippen LogP) is 3.84. The summed E-state index contributed by atoms with van der Waals surface area (Å²) in [6, 6.07) is 16.4. The Kier molecular flexibility index (Phi) is 5.62. The maximum Gasteiger partial charge on any atom is 0.167 e. The van der Waals surface area contributed by atoms with E-state index in [4.69, 9.17) is 15.7 Å². The largest absolute Gasteiger partial charge is 0.383 e. The highest BCUT2D eigenvalue weighted by Crippen LogP contribution is 2.38. The zero-order valence-corrected chi connectivity index (χ0v) is 22.4. The van der Waals surface area contributed by atoms with E-state index in [1.165, 1.54) is 17.5 Å². The highest BCUT2D eigenvalue weighted by molar-refractivity contribution is 5.83. The normalized spacial score (nSPS) is 18.6. The summed E-state index contributed by atoms with van der Waals surface area (Å²) in [5.41, 5.74) is 13.2. The first kappa shape index (κ1) is 23.9. The van der Waals surface area contributed by atoms with Gasteiger partial charge in [0.25, 0.3) is 0 Å². The van der Waals surface area contributed by atoms with Crippen LogP contribution < -0.4 is 11.1 Å². The van der Waals surface area contributed by atoms with Gasteiger partial charge in [0.2, 0.25) is 0 Å². The number of piperidine rings is 1. The first-order valence-electron chi connectivity index (χ1n) is 14.1. The first-order valence-corrected chi connectivity index (χ1v) is 14.1. The number of hydrogen-bond donors (Lipinski definition) is 2. The molecule has 41 heavy (non-hydrogen) atoms. The molecule has 11 heteroatoms. The summed E-state index contributed by atoms with van der Waals surface area (Å²) in [5.74, 6) is 2.28. The lowest BCUT2D eigenvalue weighted by molar-refractivity contribution is 0.454. The van der Waals surface area contributed by atoms with Crippen molar-refractivity contribution < 1.29 is 0 Å². The van der Waals surface area contributed by atoms with Gasteiger partial charge in [-0.25, -0.2) is 24.3 Å². The molecule has 1 aliphatic carbocycles. The Bertz CT molecular complexity index is 1860. The zero-order valence-electron chi connectivity index (χ0n) is 22.4. The molecular formula is C30H29N11. The van der Waals surface area contributed by atoms with E-state index in [9.17, 15) is 0 Å². The Balaban J connectivity index is 1.22. The van der Waals surface area contributed by atoms with E-state index < -0.39 is 0 Å². The molecule has 6 aromatic rings. The average molecular weight is 544 g/mol. The van der Waals surface area contributed by atoms with Gasteiger partial charge in [-0.05, 0) is 85.8 Å². The van der Waals surface area contributed by atoms with Crippen LogP contribution in [0.15, 0.2) is 73.3 Å². The Labute approximate surface area is 236 Å². The maximum absolute atomic E-state index is 6.34. The SMILES string of the molecule is Nc1ncccc1-c1nc2ccc(-n3cccn3)nc2n1-c1ccc2c(c1)CC[C@@H]2n1cc(C2CCCNC2)nn1. The Hall–Kier alpha value is -4.90. The number of nitrogens with one attached hydrogen (secondary N) is 1. The van der Waals surface area contributed by atoms with Crippen molar-refractivity contribution in [3.05, 3.63) is 90.1 Å². The molecule has 0 radical (unpaired) electrons. The van der Waals surface area contributed by atoms with Gasteiger partial charge >= 0.3 is 0 Å². The molecule has 0 spiro atoms. The van der Waals surface area contributed by atoms with Gasteiger partial charge < -0.3 is 11.1 Å². The van der Waals surface area contributed by atoms with Crippen LogP contribution in [0.5, 0.6) is 0 Å². The van der Waals surface area contributed by atoms with E-state index in [0.717, 1.165) is 60.5 Å². The van der Waals surface area contributed by atoms with E-state index in [0.29, 0.717) is 23.4 Å². The van der Waals surface area contributed by atoms with E-state index in [1.54, 1.807) is 17.1 Å². The molecule has 2 atom stereocenters. The number of aromatic nitrogens is 9. The minimum absolute atomic E-state index is 0.175. The molecule has 6 heterocycles. The molecule has 8 rings (SSSR count).